The first-order valence-electron chi connectivity index (χ1n) is 10.3. The Morgan fingerprint density at radius 2 is 1.52 bits per heavy atom. The van der Waals surface area contributed by atoms with Gasteiger partial charge in [-0.05, 0) is 63.6 Å². The first kappa shape index (κ1) is 19.6. The van der Waals surface area contributed by atoms with Crippen molar-refractivity contribution in [3.8, 4) is 0 Å². The Bertz CT molecular complexity index is 1300. The van der Waals surface area contributed by atoms with E-state index < -0.39 is 0 Å². The molecule has 0 fully saturated rings. The second-order valence-electron chi connectivity index (χ2n) is 7.57. The van der Waals surface area contributed by atoms with Crippen LogP contribution >= 0.6 is 15.9 Å². The van der Waals surface area contributed by atoms with E-state index in [1.165, 1.54) is 27.7 Å². The molecule has 0 radical (unpaired) electrons. The third-order valence-corrected chi connectivity index (χ3v) is 6.04. The van der Waals surface area contributed by atoms with E-state index in [1.807, 2.05) is 6.20 Å². The van der Waals surface area contributed by atoms with E-state index in [2.05, 4.69) is 129 Å². The Labute approximate surface area is 190 Å². The van der Waals surface area contributed by atoms with Gasteiger partial charge in [0.05, 0.1) is 24.1 Å². The van der Waals surface area contributed by atoms with Gasteiger partial charge in [0.15, 0.2) is 0 Å². The predicted octanol–water partition coefficient (Wildman–Crippen LogP) is 7.31. The number of hydrogen-bond donors (Lipinski definition) is 1. The number of aliphatic imine (C=N–C) groups is 1. The van der Waals surface area contributed by atoms with E-state index in [0.717, 1.165) is 21.6 Å². The number of halogens is 1. The molecule has 1 aliphatic heterocycles. The maximum absolute atomic E-state index is 4.38. The Morgan fingerprint density at radius 1 is 0.806 bits per heavy atom. The Hall–Kier alpha value is -3.37. The summed E-state index contributed by atoms with van der Waals surface area (Å²) in [4.78, 5) is 6.73. The molecule has 5 rings (SSSR count). The molecule has 0 atom stereocenters. The minimum absolute atomic E-state index is 0.707. The fraction of sp³-hybridized carbons (Fsp3) is 0.0741. The number of benzene rings is 4. The zero-order valence-corrected chi connectivity index (χ0v) is 18.8. The largest absolute Gasteiger partial charge is 0.377 e. The first-order valence-corrected chi connectivity index (χ1v) is 11.1. The zero-order valence-electron chi connectivity index (χ0n) is 17.2. The second-order valence-corrected chi connectivity index (χ2v) is 8.48. The van der Waals surface area contributed by atoms with Gasteiger partial charge in [-0.15, -0.1) is 0 Å². The number of aryl methyl sites for hydroxylation is 1. The first-order chi connectivity index (χ1) is 15.2. The number of anilines is 3. The summed E-state index contributed by atoms with van der Waals surface area (Å²) in [6.07, 6.45) is 1.87. The molecule has 0 spiro atoms. The average molecular weight is 468 g/mol. The third-order valence-electron chi connectivity index (χ3n) is 5.56. The molecule has 0 amide bonds. The molecule has 0 saturated heterocycles. The third kappa shape index (κ3) is 3.87. The molecule has 31 heavy (non-hydrogen) atoms. The molecule has 1 heterocycles. The summed E-state index contributed by atoms with van der Waals surface area (Å²) in [5.74, 6) is 0. The number of fused-ring (bicyclic) bond motifs is 1. The van der Waals surface area contributed by atoms with Crippen LogP contribution in [0.2, 0.25) is 0 Å². The SMILES string of the molecule is Cc1ccccc1N(c1ccc(C2=CN=C(Br)CN2)cc1)c1cccc2ccccc12. The monoisotopic (exact) mass is 467 g/mol. The van der Waals surface area contributed by atoms with Gasteiger partial charge in [-0.3, -0.25) is 0 Å². The molecule has 0 aliphatic carbocycles. The van der Waals surface area contributed by atoms with Gasteiger partial charge in [0.25, 0.3) is 0 Å². The minimum Gasteiger partial charge on any atom is -0.377 e. The minimum atomic E-state index is 0.707. The van der Waals surface area contributed by atoms with Crippen LogP contribution in [0.5, 0.6) is 0 Å². The van der Waals surface area contributed by atoms with E-state index >= 15 is 0 Å². The highest BCUT2D eigenvalue weighted by Crippen LogP contribution is 2.40. The summed E-state index contributed by atoms with van der Waals surface area (Å²) < 4.78 is 0.912. The van der Waals surface area contributed by atoms with E-state index in [0.29, 0.717) is 6.54 Å². The molecular formula is C27H22BrN3. The van der Waals surface area contributed by atoms with Crippen LogP contribution < -0.4 is 10.2 Å². The summed E-state index contributed by atoms with van der Waals surface area (Å²) in [5.41, 5.74) is 6.85. The van der Waals surface area contributed by atoms with Crippen molar-refractivity contribution < 1.29 is 0 Å². The quantitative estimate of drug-likeness (QED) is 0.340. The van der Waals surface area contributed by atoms with Crippen LogP contribution in [0.25, 0.3) is 16.5 Å². The van der Waals surface area contributed by atoms with E-state index in [4.69, 9.17) is 0 Å². The molecule has 4 aromatic rings. The molecule has 0 aromatic heterocycles. The van der Waals surface area contributed by atoms with Crippen LogP contribution in [0.4, 0.5) is 17.1 Å². The maximum Gasteiger partial charge on any atom is 0.102 e. The normalized spacial score (nSPS) is 13.4. The Morgan fingerprint density at radius 3 is 2.29 bits per heavy atom. The molecule has 152 valence electrons. The van der Waals surface area contributed by atoms with Gasteiger partial charge in [0.1, 0.15) is 4.62 Å². The molecule has 4 heteroatoms. The molecule has 0 bridgehead atoms. The number of rotatable bonds is 4. The van der Waals surface area contributed by atoms with Crippen molar-refractivity contribution in [2.24, 2.45) is 4.99 Å². The van der Waals surface area contributed by atoms with Crippen LogP contribution in [0.1, 0.15) is 11.1 Å². The molecule has 1 N–H and O–H groups in total. The van der Waals surface area contributed by atoms with Gasteiger partial charge >= 0.3 is 0 Å². The van der Waals surface area contributed by atoms with Crippen molar-refractivity contribution >= 4 is 54.1 Å². The standard InChI is InChI=1S/C27H22BrN3/c1-19-7-2-5-11-25(19)31(26-12-6-9-20-8-3-4-10-23(20)26)22-15-13-21(14-16-22)24-17-30-27(28)18-29-24/h2-17,29H,18H2,1H3. The number of nitrogens with one attached hydrogen (secondary N) is 1. The van der Waals surface area contributed by atoms with Gasteiger partial charge < -0.3 is 10.2 Å². The van der Waals surface area contributed by atoms with E-state index in [9.17, 15) is 0 Å². The summed E-state index contributed by atoms with van der Waals surface area (Å²) in [6, 6.07) is 32.2. The molecule has 1 aliphatic rings. The van der Waals surface area contributed by atoms with Crippen LogP contribution in [-0.4, -0.2) is 11.2 Å². The Kier molecular flexibility index (Phi) is 5.31. The van der Waals surface area contributed by atoms with Gasteiger partial charge in [-0.2, -0.15) is 0 Å². The zero-order chi connectivity index (χ0) is 21.2. The van der Waals surface area contributed by atoms with Crippen molar-refractivity contribution in [3.63, 3.8) is 0 Å². The summed E-state index contributed by atoms with van der Waals surface area (Å²) >= 11 is 3.43. The number of para-hydroxylation sites is 1. The molecule has 3 nitrogen and oxygen atoms in total. The Balaban J connectivity index is 1.64. The highest BCUT2D eigenvalue weighted by molar-refractivity contribution is 9.18. The number of hydrogen-bond acceptors (Lipinski definition) is 3. The smallest absolute Gasteiger partial charge is 0.102 e. The average Bonchev–Trinajstić information content (AvgIpc) is 2.82. The van der Waals surface area contributed by atoms with Gasteiger partial charge in [-0.25, -0.2) is 4.99 Å². The topological polar surface area (TPSA) is 27.6 Å². The van der Waals surface area contributed by atoms with E-state index in [1.54, 1.807) is 0 Å². The van der Waals surface area contributed by atoms with Crippen LogP contribution in [0.3, 0.4) is 0 Å². The van der Waals surface area contributed by atoms with Crippen molar-refractivity contribution in [2.45, 2.75) is 6.92 Å². The van der Waals surface area contributed by atoms with Gasteiger partial charge in [0, 0.05) is 16.8 Å². The highest BCUT2D eigenvalue weighted by atomic mass is 79.9. The molecule has 0 unspecified atom stereocenters. The van der Waals surface area contributed by atoms with Crippen molar-refractivity contribution in [3.05, 3.63) is 108 Å². The van der Waals surface area contributed by atoms with Crippen molar-refractivity contribution in [1.29, 1.82) is 0 Å². The van der Waals surface area contributed by atoms with Crippen LogP contribution in [0, 0.1) is 6.92 Å². The van der Waals surface area contributed by atoms with E-state index in [-0.39, 0.29) is 0 Å². The highest BCUT2D eigenvalue weighted by Gasteiger charge is 2.17. The van der Waals surface area contributed by atoms with Crippen molar-refractivity contribution in [1.82, 2.24) is 5.32 Å². The molecular weight excluding hydrogens is 446 g/mol. The van der Waals surface area contributed by atoms with Crippen LogP contribution in [-0.2, 0) is 0 Å². The van der Waals surface area contributed by atoms with Crippen molar-refractivity contribution in [2.75, 3.05) is 11.4 Å². The lowest BCUT2D eigenvalue weighted by Crippen LogP contribution is -2.21. The van der Waals surface area contributed by atoms with Gasteiger partial charge in [0.2, 0.25) is 0 Å². The fourth-order valence-corrected chi connectivity index (χ4v) is 4.23. The molecule has 0 saturated carbocycles. The van der Waals surface area contributed by atoms with Crippen LogP contribution in [0.15, 0.2) is 102 Å². The predicted molar refractivity (Wildman–Crippen MR) is 136 cm³/mol. The lowest BCUT2D eigenvalue weighted by atomic mass is 10.0. The summed E-state index contributed by atoms with van der Waals surface area (Å²) in [5, 5.41) is 5.86. The maximum atomic E-state index is 4.38. The summed E-state index contributed by atoms with van der Waals surface area (Å²) in [7, 11) is 0. The lowest BCUT2D eigenvalue weighted by molar-refractivity contribution is 1.03. The second kappa shape index (κ2) is 8.40. The molecule has 4 aromatic carbocycles. The number of nitrogens with zero attached hydrogens (tertiary/aromatic N) is 2. The van der Waals surface area contributed by atoms with Gasteiger partial charge in [-0.1, -0.05) is 66.7 Å². The fourth-order valence-electron chi connectivity index (χ4n) is 3.99. The lowest BCUT2D eigenvalue weighted by Gasteiger charge is -2.28. The summed E-state index contributed by atoms with van der Waals surface area (Å²) in [6.45, 7) is 2.87.